The van der Waals surface area contributed by atoms with Gasteiger partial charge in [-0.2, -0.15) is 0 Å². The SMILES string of the molecule is CC(=O)O[C@H]1CN(C(=O)[C@H](NC(=O)OC(C)(C)C)C(C)C)CC[C@@H]1Br. The van der Waals surface area contributed by atoms with E-state index < -0.39 is 23.8 Å². The number of ether oxygens (including phenoxy) is 2. The molecule has 1 N–H and O–H groups in total. The minimum atomic E-state index is -0.695. The third-order valence-electron chi connectivity index (χ3n) is 3.71. The van der Waals surface area contributed by atoms with Gasteiger partial charge in [0.1, 0.15) is 17.7 Å². The number of esters is 1. The van der Waals surface area contributed by atoms with E-state index >= 15 is 0 Å². The molecule has 1 heterocycles. The van der Waals surface area contributed by atoms with Gasteiger partial charge in [0.25, 0.3) is 0 Å². The highest BCUT2D eigenvalue weighted by Crippen LogP contribution is 2.22. The Bertz CT molecular complexity index is 504. The summed E-state index contributed by atoms with van der Waals surface area (Å²) >= 11 is 3.49. The lowest BCUT2D eigenvalue weighted by Gasteiger charge is -2.38. The first-order valence-corrected chi connectivity index (χ1v) is 9.42. The van der Waals surface area contributed by atoms with Crippen molar-refractivity contribution in [3.8, 4) is 0 Å². The highest BCUT2D eigenvalue weighted by molar-refractivity contribution is 9.09. The Kier molecular flexibility index (Phi) is 7.71. The zero-order chi connectivity index (χ0) is 19.4. The number of carbonyl (C=O) groups excluding carboxylic acids is 3. The van der Waals surface area contributed by atoms with E-state index in [-0.39, 0.29) is 22.6 Å². The second kappa shape index (κ2) is 8.87. The number of hydrogen-bond acceptors (Lipinski definition) is 5. The van der Waals surface area contributed by atoms with Crippen molar-refractivity contribution in [2.75, 3.05) is 13.1 Å². The first-order chi connectivity index (χ1) is 11.4. The molecule has 0 bridgehead atoms. The van der Waals surface area contributed by atoms with Crippen molar-refractivity contribution in [2.24, 2.45) is 5.92 Å². The summed E-state index contributed by atoms with van der Waals surface area (Å²) in [6, 6.07) is -0.695. The summed E-state index contributed by atoms with van der Waals surface area (Å²) in [5, 5.41) is 2.67. The summed E-state index contributed by atoms with van der Waals surface area (Å²) in [4.78, 5) is 37.8. The van der Waals surface area contributed by atoms with Gasteiger partial charge >= 0.3 is 12.1 Å². The number of halogens is 1. The quantitative estimate of drug-likeness (QED) is 0.557. The van der Waals surface area contributed by atoms with Gasteiger partial charge in [-0.3, -0.25) is 9.59 Å². The Balaban J connectivity index is 2.78. The van der Waals surface area contributed by atoms with Crippen LogP contribution in [0.4, 0.5) is 4.79 Å². The van der Waals surface area contributed by atoms with Crippen LogP contribution in [0.5, 0.6) is 0 Å². The minimum Gasteiger partial charge on any atom is -0.459 e. The van der Waals surface area contributed by atoms with Crippen LogP contribution in [0, 0.1) is 5.92 Å². The fourth-order valence-electron chi connectivity index (χ4n) is 2.56. The minimum absolute atomic E-state index is 0.0109. The van der Waals surface area contributed by atoms with Gasteiger partial charge in [-0.05, 0) is 33.1 Å². The first kappa shape index (κ1) is 21.7. The van der Waals surface area contributed by atoms with E-state index in [0.717, 1.165) is 0 Å². The summed E-state index contributed by atoms with van der Waals surface area (Å²) < 4.78 is 10.5. The van der Waals surface area contributed by atoms with Gasteiger partial charge in [0.2, 0.25) is 5.91 Å². The van der Waals surface area contributed by atoms with E-state index in [2.05, 4.69) is 21.2 Å². The molecule has 1 aliphatic heterocycles. The van der Waals surface area contributed by atoms with Gasteiger partial charge in [-0.15, -0.1) is 0 Å². The van der Waals surface area contributed by atoms with Crippen LogP contribution in [-0.4, -0.2) is 58.5 Å². The number of rotatable bonds is 4. The Labute approximate surface area is 157 Å². The topological polar surface area (TPSA) is 84.9 Å². The molecule has 0 radical (unpaired) electrons. The van der Waals surface area contributed by atoms with E-state index in [4.69, 9.17) is 9.47 Å². The molecule has 0 aromatic heterocycles. The van der Waals surface area contributed by atoms with Gasteiger partial charge in [0.15, 0.2) is 0 Å². The van der Waals surface area contributed by atoms with E-state index in [1.54, 1.807) is 25.7 Å². The average Bonchev–Trinajstić information content (AvgIpc) is 2.43. The molecule has 1 aliphatic rings. The third kappa shape index (κ3) is 7.22. The Morgan fingerprint density at radius 3 is 2.32 bits per heavy atom. The number of alkyl carbamates (subject to hydrolysis) is 1. The van der Waals surface area contributed by atoms with Crippen molar-refractivity contribution in [1.29, 1.82) is 0 Å². The Morgan fingerprint density at radius 2 is 1.84 bits per heavy atom. The summed E-state index contributed by atoms with van der Waals surface area (Å²) in [5.74, 6) is -0.678. The number of carbonyl (C=O) groups is 3. The number of hydrogen-bond donors (Lipinski definition) is 1. The van der Waals surface area contributed by atoms with Crippen molar-refractivity contribution >= 4 is 33.9 Å². The second-order valence-electron chi connectivity index (χ2n) is 7.60. The largest absolute Gasteiger partial charge is 0.459 e. The number of likely N-dealkylation sites (tertiary alicyclic amines) is 1. The van der Waals surface area contributed by atoms with E-state index in [9.17, 15) is 14.4 Å². The molecule has 8 heteroatoms. The number of amides is 2. The molecule has 2 amide bonds. The van der Waals surface area contributed by atoms with E-state index in [1.807, 2.05) is 13.8 Å². The van der Waals surface area contributed by atoms with Gasteiger partial charge in [0.05, 0.1) is 11.4 Å². The number of alkyl halides is 1. The smallest absolute Gasteiger partial charge is 0.408 e. The first-order valence-electron chi connectivity index (χ1n) is 8.50. The van der Waals surface area contributed by atoms with Crippen LogP contribution in [0.2, 0.25) is 0 Å². The van der Waals surface area contributed by atoms with Crippen LogP contribution >= 0.6 is 15.9 Å². The van der Waals surface area contributed by atoms with Crippen LogP contribution in [0.25, 0.3) is 0 Å². The fourth-order valence-corrected chi connectivity index (χ4v) is 3.04. The molecule has 0 aromatic carbocycles. The molecule has 7 nitrogen and oxygen atoms in total. The average molecular weight is 421 g/mol. The predicted molar refractivity (Wildman–Crippen MR) is 97.5 cm³/mol. The second-order valence-corrected chi connectivity index (χ2v) is 8.78. The summed E-state index contributed by atoms with van der Waals surface area (Å²) in [6.07, 6.45) is -0.350. The van der Waals surface area contributed by atoms with Gasteiger partial charge in [-0.1, -0.05) is 29.8 Å². The molecule has 1 rings (SSSR count). The Hall–Kier alpha value is -1.31. The Morgan fingerprint density at radius 1 is 1.24 bits per heavy atom. The molecule has 144 valence electrons. The molecular formula is C17H29BrN2O5. The van der Waals surface area contributed by atoms with Gasteiger partial charge in [-0.25, -0.2) is 4.79 Å². The van der Waals surface area contributed by atoms with E-state index in [0.29, 0.717) is 19.5 Å². The fraction of sp³-hybridized carbons (Fsp3) is 0.824. The summed E-state index contributed by atoms with van der Waals surface area (Å²) in [6.45, 7) is 11.2. The lowest BCUT2D eigenvalue weighted by molar-refractivity contribution is -0.152. The molecule has 0 aromatic rings. The van der Waals surface area contributed by atoms with Crippen LogP contribution in [0.3, 0.4) is 0 Å². The maximum absolute atomic E-state index is 12.9. The molecule has 0 unspecified atom stereocenters. The summed E-state index contributed by atoms with van der Waals surface area (Å²) in [7, 11) is 0. The molecule has 0 aliphatic carbocycles. The van der Waals surface area contributed by atoms with Crippen LogP contribution in [-0.2, 0) is 19.1 Å². The number of nitrogens with one attached hydrogen (secondary N) is 1. The highest BCUT2D eigenvalue weighted by Gasteiger charge is 2.36. The third-order valence-corrected chi connectivity index (χ3v) is 4.76. The molecule has 3 atom stereocenters. The van der Waals surface area contributed by atoms with Crippen LogP contribution in [0.1, 0.15) is 48.0 Å². The van der Waals surface area contributed by atoms with Crippen molar-refractivity contribution < 1.29 is 23.9 Å². The normalized spacial score (nSPS) is 22.3. The zero-order valence-corrected chi connectivity index (χ0v) is 17.4. The molecule has 0 spiro atoms. The maximum atomic E-state index is 12.9. The van der Waals surface area contributed by atoms with Crippen molar-refractivity contribution in [3.63, 3.8) is 0 Å². The predicted octanol–water partition coefficient (Wildman–Crippen LogP) is 2.46. The van der Waals surface area contributed by atoms with Gasteiger partial charge < -0.3 is 19.7 Å². The van der Waals surface area contributed by atoms with Crippen LogP contribution in [0.15, 0.2) is 0 Å². The van der Waals surface area contributed by atoms with Gasteiger partial charge in [0, 0.05) is 13.5 Å². The molecule has 1 saturated heterocycles. The van der Waals surface area contributed by atoms with E-state index in [1.165, 1.54) is 6.92 Å². The molecule has 0 saturated carbocycles. The van der Waals surface area contributed by atoms with Crippen molar-refractivity contribution in [2.45, 2.75) is 70.5 Å². The van der Waals surface area contributed by atoms with Crippen molar-refractivity contribution in [3.05, 3.63) is 0 Å². The molecule has 1 fully saturated rings. The standard InChI is InChI=1S/C17H29BrN2O5/c1-10(2)14(19-16(23)25-17(4,5)6)15(22)20-8-7-12(18)13(9-20)24-11(3)21/h10,12-14H,7-9H2,1-6H3,(H,19,23)/t12-,13-,14+/m0/s1. The number of nitrogens with zero attached hydrogens (tertiary/aromatic N) is 1. The zero-order valence-electron chi connectivity index (χ0n) is 15.8. The summed E-state index contributed by atoms with van der Waals surface area (Å²) in [5.41, 5.74) is -0.636. The highest BCUT2D eigenvalue weighted by atomic mass is 79.9. The molecular weight excluding hydrogens is 392 g/mol. The monoisotopic (exact) mass is 420 g/mol. The lowest BCUT2D eigenvalue weighted by Crippen LogP contribution is -2.56. The van der Waals surface area contributed by atoms with Crippen LogP contribution < -0.4 is 5.32 Å². The maximum Gasteiger partial charge on any atom is 0.408 e. The number of piperidine rings is 1. The molecule has 25 heavy (non-hydrogen) atoms. The lowest BCUT2D eigenvalue weighted by atomic mass is 10.0. The van der Waals surface area contributed by atoms with Crippen molar-refractivity contribution in [1.82, 2.24) is 10.2 Å².